The van der Waals surface area contributed by atoms with Crippen LogP contribution in [-0.2, 0) is 4.74 Å². The number of nitro benzene ring substituents is 1. The summed E-state index contributed by atoms with van der Waals surface area (Å²) in [7, 11) is 1.30. The minimum absolute atomic E-state index is 0.0371. The Labute approximate surface area is 141 Å². The third-order valence-corrected chi connectivity index (χ3v) is 3.48. The number of ether oxygens (including phenoxy) is 1. The van der Waals surface area contributed by atoms with E-state index in [0.717, 1.165) is 0 Å². The molecule has 0 aliphatic rings. The van der Waals surface area contributed by atoms with Gasteiger partial charge in [-0.2, -0.15) is 4.98 Å². The standard InChI is InChI=1S/C16H13N5O4/c1-25-15(22)9-2-4-10(5-3-9)18-14-12-8-11(21(23)24)6-7-13(12)19-16(17)20-14/h2-8H,1H3,(H3,17,18,19,20). The molecular weight excluding hydrogens is 326 g/mol. The maximum Gasteiger partial charge on any atom is 0.337 e. The van der Waals surface area contributed by atoms with Gasteiger partial charge >= 0.3 is 5.97 Å². The van der Waals surface area contributed by atoms with Crippen LogP contribution in [-0.4, -0.2) is 28.0 Å². The van der Waals surface area contributed by atoms with Crippen molar-refractivity contribution in [1.82, 2.24) is 9.97 Å². The van der Waals surface area contributed by atoms with Gasteiger partial charge in [-0.1, -0.05) is 0 Å². The maximum atomic E-state index is 11.5. The fraction of sp³-hybridized carbons (Fsp3) is 0.0625. The van der Waals surface area contributed by atoms with Crippen LogP contribution in [0.15, 0.2) is 42.5 Å². The molecule has 1 heterocycles. The molecular formula is C16H13N5O4. The van der Waals surface area contributed by atoms with Gasteiger partial charge < -0.3 is 15.8 Å². The number of rotatable bonds is 4. The molecule has 25 heavy (non-hydrogen) atoms. The quantitative estimate of drug-likeness (QED) is 0.421. The van der Waals surface area contributed by atoms with Gasteiger partial charge in [0.1, 0.15) is 5.82 Å². The largest absolute Gasteiger partial charge is 0.465 e. The average Bonchev–Trinajstić information content (AvgIpc) is 2.61. The van der Waals surface area contributed by atoms with E-state index in [1.54, 1.807) is 24.3 Å². The number of nitrogens with two attached hydrogens (primary N) is 1. The highest BCUT2D eigenvalue weighted by Gasteiger charge is 2.13. The molecule has 0 fully saturated rings. The zero-order valence-corrected chi connectivity index (χ0v) is 13.1. The van der Waals surface area contributed by atoms with E-state index in [0.29, 0.717) is 28.0 Å². The zero-order chi connectivity index (χ0) is 18.0. The molecule has 0 radical (unpaired) electrons. The first-order chi connectivity index (χ1) is 12.0. The highest BCUT2D eigenvalue weighted by molar-refractivity contribution is 5.94. The predicted octanol–water partition coefficient (Wildman–Crippen LogP) is 2.65. The normalized spacial score (nSPS) is 10.4. The van der Waals surface area contributed by atoms with Crippen molar-refractivity contribution >= 4 is 40.0 Å². The van der Waals surface area contributed by atoms with Crippen molar-refractivity contribution in [2.24, 2.45) is 0 Å². The third-order valence-electron chi connectivity index (χ3n) is 3.48. The number of benzene rings is 2. The van der Waals surface area contributed by atoms with Crippen LogP contribution < -0.4 is 11.1 Å². The number of nitrogen functional groups attached to an aromatic ring is 1. The summed E-state index contributed by atoms with van der Waals surface area (Å²) in [5.41, 5.74) is 7.12. The third kappa shape index (κ3) is 3.29. The molecule has 3 N–H and O–H groups in total. The summed E-state index contributed by atoms with van der Waals surface area (Å²) in [6.07, 6.45) is 0. The molecule has 126 valence electrons. The van der Waals surface area contributed by atoms with Crippen molar-refractivity contribution < 1.29 is 14.5 Å². The summed E-state index contributed by atoms with van der Waals surface area (Å²) in [5.74, 6) is -0.0778. The minimum atomic E-state index is -0.495. The number of esters is 1. The second-order valence-corrected chi connectivity index (χ2v) is 5.08. The molecule has 9 nitrogen and oxygen atoms in total. The molecule has 0 unspecified atom stereocenters. The van der Waals surface area contributed by atoms with Crippen molar-refractivity contribution in [2.75, 3.05) is 18.2 Å². The first kappa shape index (κ1) is 16.1. The summed E-state index contributed by atoms with van der Waals surface area (Å²) in [6.45, 7) is 0. The molecule has 3 rings (SSSR count). The van der Waals surface area contributed by atoms with E-state index < -0.39 is 10.9 Å². The Kier molecular flexibility index (Phi) is 4.12. The van der Waals surface area contributed by atoms with Gasteiger partial charge in [-0.25, -0.2) is 9.78 Å². The lowest BCUT2D eigenvalue weighted by molar-refractivity contribution is -0.384. The maximum absolute atomic E-state index is 11.5. The molecule has 0 saturated carbocycles. The molecule has 0 amide bonds. The first-order valence-electron chi connectivity index (χ1n) is 7.15. The monoisotopic (exact) mass is 339 g/mol. The van der Waals surface area contributed by atoms with Crippen LogP contribution in [0.5, 0.6) is 0 Å². The second kappa shape index (κ2) is 6.40. The number of carbonyl (C=O) groups is 1. The van der Waals surface area contributed by atoms with Crippen molar-refractivity contribution in [3.63, 3.8) is 0 Å². The van der Waals surface area contributed by atoms with Gasteiger partial charge in [-0.15, -0.1) is 0 Å². The van der Waals surface area contributed by atoms with Crippen LogP contribution in [0.4, 0.5) is 23.1 Å². The van der Waals surface area contributed by atoms with E-state index >= 15 is 0 Å². The van der Waals surface area contributed by atoms with Gasteiger partial charge in [-0.05, 0) is 30.3 Å². The number of hydrogen-bond acceptors (Lipinski definition) is 8. The van der Waals surface area contributed by atoms with Gasteiger partial charge in [0, 0.05) is 23.2 Å². The van der Waals surface area contributed by atoms with Gasteiger partial charge in [-0.3, -0.25) is 10.1 Å². The van der Waals surface area contributed by atoms with Crippen molar-refractivity contribution in [3.05, 3.63) is 58.1 Å². The van der Waals surface area contributed by atoms with Gasteiger partial charge in [0.2, 0.25) is 5.95 Å². The molecule has 0 aliphatic heterocycles. The van der Waals surface area contributed by atoms with E-state index in [1.807, 2.05) is 0 Å². The Morgan fingerprint density at radius 1 is 1.20 bits per heavy atom. The number of carbonyl (C=O) groups excluding carboxylic acids is 1. The van der Waals surface area contributed by atoms with Crippen molar-refractivity contribution in [3.8, 4) is 0 Å². The Morgan fingerprint density at radius 3 is 2.56 bits per heavy atom. The molecule has 2 aromatic carbocycles. The Bertz CT molecular complexity index is 972. The summed E-state index contributed by atoms with van der Waals surface area (Å²) in [4.78, 5) is 30.1. The van der Waals surface area contributed by atoms with E-state index in [4.69, 9.17) is 5.73 Å². The van der Waals surface area contributed by atoms with Gasteiger partial charge in [0.05, 0.1) is 23.1 Å². The highest BCUT2D eigenvalue weighted by atomic mass is 16.6. The Hall–Kier alpha value is -3.75. The average molecular weight is 339 g/mol. The lowest BCUT2D eigenvalue weighted by Crippen LogP contribution is -2.03. The van der Waals surface area contributed by atoms with Crippen LogP contribution in [0, 0.1) is 10.1 Å². The van der Waals surface area contributed by atoms with Crippen LogP contribution >= 0.6 is 0 Å². The fourth-order valence-corrected chi connectivity index (χ4v) is 2.29. The molecule has 0 spiro atoms. The highest BCUT2D eigenvalue weighted by Crippen LogP contribution is 2.28. The molecule has 0 bridgehead atoms. The smallest absolute Gasteiger partial charge is 0.337 e. The molecule has 0 aliphatic carbocycles. The molecule has 1 aromatic heterocycles. The number of methoxy groups -OCH3 is 1. The summed E-state index contributed by atoms with van der Waals surface area (Å²) in [6, 6.07) is 10.7. The number of nitro groups is 1. The first-order valence-corrected chi connectivity index (χ1v) is 7.15. The molecule has 0 atom stereocenters. The van der Waals surface area contributed by atoms with E-state index in [1.165, 1.54) is 25.3 Å². The molecule has 9 heteroatoms. The van der Waals surface area contributed by atoms with Crippen LogP contribution in [0.25, 0.3) is 10.9 Å². The predicted molar refractivity (Wildman–Crippen MR) is 91.7 cm³/mol. The number of non-ortho nitro benzene ring substituents is 1. The molecule has 0 saturated heterocycles. The second-order valence-electron chi connectivity index (χ2n) is 5.08. The number of nitrogens with zero attached hydrogens (tertiary/aromatic N) is 3. The minimum Gasteiger partial charge on any atom is -0.465 e. The fourth-order valence-electron chi connectivity index (χ4n) is 2.29. The van der Waals surface area contributed by atoms with Crippen LogP contribution in [0.3, 0.4) is 0 Å². The Balaban J connectivity index is 2.01. The number of aromatic nitrogens is 2. The molecule has 3 aromatic rings. The zero-order valence-electron chi connectivity index (χ0n) is 13.1. The SMILES string of the molecule is COC(=O)c1ccc(Nc2nc(N)nc3ccc([N+](=O)[O-])cc23)cc1. The lowest BCUT2D eigenvalue weighted by Gasteiger charge is -2.10. The topological polar surface area (TPSA) is 133 Å². The Morgan fingerprint density at radius 2 is 1.92 bits per heavy atom. The summed E-state index contributed by atoms with van der Waals surface area (Å²) < 4.78 is 4.64. The number of nitrogens with one attached hydrogen (secondary N) is 1. The van der Waals surface area contributed by atoms with Crippen molar-refractivity contribution in [2.45, 2.75) is 0 Å². The van der Waals surface area contributed by atoms with Crippen LogP contribution in [0.2, 0.25) is 0 Å². The number of fused-ring (bicyclic) bond motifs is 1. The van der Waals surface area contributed by atoms with Crippen LogP contribution in [0.1, 0.15) is 10.4 Å². The number of anilines is 3. The number of hydrogen-bond donors (Lipinski definition) is 2. The summed E-state index contributed by atoms with van der Waals surface area (Å²) >= 11 is 0. The van der Waals surface area contributed by atoms with Crippen molar-refractivity contribution in [1.29, 1.82) is 0 Å². The lowest BCUT2D eigenvalue weighted by atomic mass is 10.2. The van der Waals surface area contributed by atoms with Gasteiger partial charge in [0.25, 0.3) is 5.69 Å². The van der Waals surface area contributed by atoms with E-state index in [9.17, 15) is 14.9 Å². The van der Waals surface area contributed by atoms with E-state index in [-0.39, 0.29) is 11.6 Å². The van der Waals surface area contributed by atoms with E-state index in [2.05, 4.69) is 20.0 Å². The van der Waals surface area contributed by atoms with Gasteiger partial charge in [0.15, 0.2) is 0 Å². The summed E-state index contributed by atoms with van der Waals surface area (Å²) in [5, 5.41) is 14.5.